The maximum atomic E-state index is 8.71. The number of amidine groups is 1. The number of aromatic nitrogens is 1. The lowest BCUT2D eigenvalue weighted by atomic mass is 10.2. The number of hydrogen-bond acceptors (Lipinski definition) is 4. The average Bonchev–Trinajstić information content (AvgIpc) is 2.28. The van der Waals surface area contributed by atoms with Crippen LogP contribution in [-0.4, -0.2) is 29.6 Å². The van der Waals surface area contributed by atoms with E-state index < -0.39 is 0 Å². The van der Waals surface area contributed by atoms with Gasteiger partial charge in [-0.25, -0.2) is 4.98 Å². The summed E-state index contributed by atoms with van der Waals surface area (Å²) in [4.78, 5) is 6.42. The van der Waals surface area contributed by atoms with Crippen molar-refractivity contribution in [2.24, 2.45) is 10.9 Å². The van der Waals surface area contributed by atoms with E-state index in [-0.39, 0.29) is 5.84 Å². The van der Waals surface area contributed by atoms with Gasteiger partial charge in [0.15, 0.2) is 5.84 Å². The van der Waals surface area contributed by atoms with Gasteiger partial charge >= 0.3 is 0 Å². The highest BCUT2D eigenvalue weighted by molar-refractivity contribution is 6.01. The van der Waals surface area contributed by atoms with Crippen LogP contribution < -0.4 is 10.6 Å². The third-order valence-corrected chi connectivity index (χ3v) is 2.32. The Morgan fingerprint density at radius 3 is 2.81 bits per heavy atom. The SMILES string of the molecule is CCCN(C)c1nc(C)ccc1C(N)=NO. The second-order valence-corrected chi connectivity index (χ2v) is 3.73. The maximum absolute atomic E-state index is 8.71. The first-order chi connectivity index (χ1) is 7.60. The summed E-state index contributed by atoms with van der Waals surface area (Å²) < 4.78 is 0. The van der Waals surface area contributed by atoms with Gasteiger partial charge in [0.1, 0.15) is 5.82 Å². The quantitative estimate of drug-likeness (QED) is 0.349. The minimum absolute atomic E-state index is 0.0884. The fraction of sp³-hybridized carbons (Fsp3) is 0.455. The Labute approximate surface area is 95.6 Å². The smallest absolute Gasteiger partial charge is 0.173 e. The van der Waals surface area contributed by atoms with Gasteiger partial charge in [0.2, 0.25) is 0 Å². The first kappa shape index (κ1) is 12.3. The molecule has 0 aliphatic rings. The van der Waals surface area contributed by atoms with Crippen LogP contribution in [0.5, 0.6) is 0 Å². The fourth-order valence-corrected chi connectivity index (χ4v) is 1.53. The van der Waals surface area contributed by atoms with Gasteiger partial charge in [0, 0.05) is 19.3 Å². The largest absolute Gasteiger partial charge is 0.409 e. The number of oxime groups is 1. The molecule has 5 nitrogen and oxygen atoms in total. The molecule has 0 spiro atoms. The molecule has 0 unspecified atom stereocenters. The van der Waals surface area contributed by atoms with E-state index in [1.165, 1.54) is 0 Å². The number of anilines is 1. The number of hydrogen-bond donors (Lipinski definition) is 2. The second-order valence-electron chi connectivity index (χ2n) is 3.73. The van der Waals surface area contributed by atoms with Crippen molar-refractivity contribution in [3.63, 3.8) is 0 Å². The first-order valence-corrected chi connectivity index (χ1v) is 5.26. The van der Waals surface area contributed by atoms with Crippen LogP contribution in [0.4, 0.5) is 5.82 Å². The first-order valence-electron chi connectivity index (χ1n) is 5.26. The lowest BCUT2D eigenvalue weighted by molar-refractivity contribution is 0.318. The van der Waals surface area contributed by atoms with Gasteiger partial charge in [0.05, 0.1) is 5.56 Å². The van der Waals surface area contributed by atoms with Crippen LogP contribution in [0.1, 0.15) is 24.6 Å². The molecule has 0 aliphatic heterocycles. The van der Waals surface area contributed by atoms with Crippen molar-refractivity contribution in [3.8, 4) is 0 Å². The zero-order valence-electron chi connectivity index (χ0n) is 9.94. The summed E-state index contributed by atoms with van der Waals surface area (Å²) in [5.74, 6) is 0.836. The molecule has 0 aliphatic carbocycles. The molecule has 3 N–H and O–H groups in total. The minimum atomic E-state index is 0.0884. The molecule has 1 heterocycles. The van der Waals surface area contributed by atoms with Crippen LogP contribution in [0, 0.1) is 6.92 Å². The molecule has 16 heavy (non-hydrogen) atoms. The van der Waals surface area contributed by atoms with Gasteiger partial charge in [-0.15, -0.1) is 0 Å². The fourth-order valence-electron chi connectivity index (χ4n) is 1.53. The van der Waals surface area contributed by atoms with E-state index in [0.29, 0.717) is 5.56 Å². The summed E-state index contributed by atoms with van der Waals surface area (Å²) in [5.41, 5.74) is 7.18. The third kappa shape index (κ3) is 2.62. The zero-order chi connectivity index (χ0) is 12.1. The third-order valence-electron chi connectivity index (χ3n) is 2.32. The topological polar surface area (TPSA) is 74.7 Å². The number of nitrogens with zero attached hydrogens (tertiary/aromatic N) is 3. The molecule has 0 radical (unpaired) electrons. The standard InChI is InChI=1S/C11H18N4O/c1-4-7-15(3)11-9(10(12)14-16)6-5-8(2)13-11/h5-6,16H,4,7H2,1-3H3,(H2,12,14). The second kappa shape index (κ2) is 5.34. The van der Waals surface area contributed by atoms with Crippen molar-refractivity contribution >= 4 is 11.7 Å². The van der Waals surface area contributed by atoms with E-state index in [0.717, 1.165) is 24.5 Å². The van der Waals surface area contributed by atoms with Crippen LogP contribution in [-0.2, 0) is 0 Å². The molecule has 1 aromatic heterocycles. The van der Waals surface area contributed by atoms with Gasteiger partial charge in [-0.05, 0) is 25.5 Å². The molecule has 0 saturated heterocycles. The molecular weight excluding hydrogens is 204 g/mol. The van der Waals surface area contributed by atoms with Crippen LogP contribution >= 0.6 is 0 Å². The molecule has 0 amide bonds. The minimum Gasteiger partial charge on any atom is -0.409 e. The Balaban J connectivity index is 3.17. The molecule has 1 aromatic rings. The van der Waals surface area contributed by atoms with E-state index in [2.05, 4.69) is 17.1 Å². The number of rotatable bonds is 4. The van der Waals surface area contributed by atoms with Crippen molar-refractivity contribution in [2.75, 3.05) is 18.5 Å². The Bertz CT molecular complexity index is 390. The Hall–Kier alpha value is -1.78. The van der Waals surface area contributed by atoms with Gasteiger partial charge < -0.3 is 15.8 Å². The molecule has 0 fully saturated rings. The Morgan fingerprint density at radius 2 is 2.25 bits per heavy atom. The van der Waals surface area contributed by atoms with E-state index in [1.807, 2.05) is 31.0 Å². The molecule has 5 heteroatoms. The number of pyridine rings is 1. The van der Waals surface area contributed by atoms with Crippen molar-refractivity contribution in [2.45, 2.75) is 20.3 Å². The van der Waals surface area contributed by atoms with E-state index >= 15 is 0 Å². The average molecular weight is 222 g/mol. The van der Waals surface area contributed by atoms with Crippen molar-refractivity contribution in [1.29, 1.82) is 0 Å². The lowest BCUT2D eigenvalue weighted by Gasteiger charge is -2.20. The van der Waals surface area contributed by atoms with Crippen LogP contribution in [0.25, 0.3) is 0 Å². The van der Waals surface area contributed by atoms with E-state index in [1.54, 1.807) is 0 Å². The van der Waals surface area contributed by atoms with Crippen LogP contribution in [0.2, 0.25) is 0 Å². The van der Waals surface area contributed by atoms with Gasteiger partial charge in [-0.1, -0.05) is 12.1 Å². The Kier molecular flexibility index (Phi) is 4.10. The number of nitrogens with two attached hydrogens (primary N) is 1. The van der Waals surface area contributed by atoms with Crippen molar-refractivity contribution in [1.82, 2.24) is 4.98 Å². The Morgan fingerprint density at radius 1 is 1.56 bits per heavy atom. The molecule has 0 bridgehead atoms. The zero-order valence-corrected chi connectivity index (χ0v) is 9.94. The maximum Gasteiger partial charge on any atom is 0.173 e. The molecule has 0 saturated carbocycles. The van der Waals surface area contributed by atoms with E-state index in [9.17, 15) is 0 Å². The van der Waals surface area contributed by atoms with Gasteiger partial charge in [-0.3, -0.25) is 0 Å². The summed E-state index contributed by atoms with van der Waals surface area (Å²) in [6.07, 6.45) is 1.02. The molecule has 0 atom stereocenters. The number of aryl methyl sites for hydroxylation is 1. The van der Waals surface area contributed by atoms with Gasteiger partial charge in [0.25, 0.3) is 0 Å². The predicted octanol–water partition coefficient (Wildman–Crippen LogP) is 1.33. The monoisotopic (exact) mass is 222 g/mol. The highest BCUT2D eigenvalue weighted by Gasteiger charge is 2.12. The van der Waals surface area contributed by atoms with Crippen molar-refractivity contribution in [3.05, 3.63) is 23.4 Å². The summed E-state index contributed by atoms with van der Waals surface area (Å²) in [7, 11) is 1.94. The van der Waals surface area contributed by atoms with Gasteiger partial charge in [-0.2, -0.15) is 0 Å². The highest BCUT2D eigenvalue weighted by Crippen LogP contribution is 2.17. The highest BCUT2D eigenvalue weighted by atomic mass is 16.4. The summed E-state index contributed by atoms with van der Waals surface area (Å²) in [6.45, 7) is 4.89. The lowest BCUT2D eigenvalue weighted by Crippen LogP contribution is -2.25. The predicted molar refractivity (Wildman–Crippen MR) is 65.0 cm³/mol. The summed E-state index contributed by atoms with van der Waals surface area (Å²) in [6, 6.07) is 3.66. The van der Waals surface area contributed by atoms with Crippen LogP contribution in [0.3, 0.4) is 0 Å². The molecular formula is C11H18N4O. The molecule has 0 aromatic carbocycles. The summed E-state index contributed by atoms with van der Waals surface area (Å²) >= 11 is 0. The van der Waals surface area contributed by atoms with Crippen LogP contribution in [0.15, 0.2) is 17.3 Å². The molecule has 88 valence electrons. The normalized spacial score (nSPS) is 11.6. The molecule has 1 rings (SSSR count). The van der Waals surface area contributed by atoms with Crippen molar-refractivity contribution < 1.29 is 5.21 Å². The summed E-state index contributed by atoms with van der Waals surface area (Å²) in [5, 5.41) is 11.7. The van der Waals surface area contributed by atoms with E-state index in [4.69, 9.17) is 10.9 Å².